The SMILES string of the molecule is CN1CCC[C@H]1COc1ncc2c(n1)C1CC(C2)CN1C(=O)OC(C)(C)C. The number of hydrogen-bond donors (Lipinski definition) is 0. The van der Waals surface area contributed by atoms with E-state index < -0.39 is 5.60 Å². The molecule has 1 aliphatic carbocycles. The molecule has 2 fully saturated rings. The van der Waals surface area contributed by atoms with E-state index in [9.17, 15) is 4.79 Å². The molecule has 1 aromatic rings. The fourth-order valence-corrected chi connectivity index (χ4v) is 4.44. The predicted molar refractivity (Wildman–Crippen MR) is 101 cm³/mol. The average molecular weight is 374 g/mol. The van der Waals surface area contributed by atoms with Gasteiger partial charge in [0.05, 0.1) is 11.7 Å². The monoisotopic (exact) mass is 374 g/mol. The Hall–Kier alpha value is -1.89. The number of aromatic nitrogens is 2. The van der Waals surface area contributed by atoms with E-state index in [0.717, 1.165) is 43.6 Å². The Morgan fingerprint density at radius 3 is 2.89 bits per heavy atom. The van der Waals surface area contributed by atoms with Crippen molar-refractivity contribution in [3.63, 3.8) is 0 Å². The summed E-state index contributed by atoms with van der Waals surface area (Å²) in [5.74, 6) is 0.456. The predicted octanol–water partition coefficient (Wildman–Crippen LogP) is 2.80. The normalized spacial score (nSPS) is 27.6. The zero-order valence-corrected chi connectivity index (χ0v) is 16.8. The van der Waals surface area contributed by atoms with Crippen molar-refractivity contribution in [2.45, 2.75) is 64.1 Å². The third kappa shape index (κ3) is 3.88. The molecule has 0 saturated carbocycles. The minimum absolute atomic E-state index is 0.0342. The Labute approximate surface area is 161 Å². The number of carbonyl (C=O) groups excluding carboxylic acids is 1. The highest BCUT2D eigenvalue weighted by Crippen LogP contribution is 2.43. The van der Waals surface area contributed by atoms with Crippen molar-refractivity contribution in [1.82, 2.24) is 19.8 Å². The Morgan fingerprint density at radius 1 is 1.37 bits per heavy atom. The summed E-state index contributed by atoms with van der Waals surface area (Å²) in [6.45, 7) is 8.14. The van der Waals surface area contributed by atoms with E-state index in [1.165, 1.54) is 6.42 Å². The topological polar surface area (TPSA) is 67.8 Å². The molecule has 0 spiro atoms. The van der Waals surface area contributed by atoms with Crippen molar-refractivity contribution in [3.8, 4) is 6.01 Å². The first kappa shape index (κ1) is 18.5. The molecule has 2 aliphatic heterocycles. The number of fused-ring (bicyclic) bond motifs is 4. The van der Waals surface area contributed by atoms with E-state index in [0.29, 0.717) is 24.6 Å². The van der Waals surface area contributed by atoms with Crippen LogP contribution in [0.25, 0.3) is 0 Å². The fraction of sp³-hybridized carbons (Fsp3) is 0.750. The van der Waals surface area contributed by atoms with Gasteiger partial charge in [0.25, 0.3) is 0 Å². The lowest BCUT2D eigenvalue weighted by molar-refractivity contribution is 0.0219. The summed E-state index contributed by atoms with van der Waals surface area (Å²) in [5.41, 5.74) is 1.57. The number of hydrogen-bond acceptors (Lipinski definition) is 6. The van der Waals surface area contributed by atoms with E-state index in [2.05, 4.69) is 16.9 Å². The van der Waals surface area contributed by atoms with Gasteiger partial charge in [-0.3, -0.25) is 4.90 Å². The Kier molecular flexibility index (Phi) is 4.74. The fourth-order valence-electron chi connectivity index (χ4n) is 4.44. The standard InChI is InChI=1S/C20H30N4O3/c1-20(2,3)27-19(25)24-11-13-8-14-10-21-18(22-17(14)16(24)9-13)26-12-15-6-5-7-23(15)4/h10,13,15-16H,5-9,11-12H2,1-4H3/t13?,15-,16?/m0/s1. The Balaban J connectivity index is 1.49. The van der Waals surface area contributed by atoms with Crippen molar-refractivity contribution in [2.24, 2.45) is 5.92 Å². The molecule has 1 aromatic heterocycles. The molecule has 148 valence electrons. The molecular formula is C20H30N4O3. The summed E-state index contributed by atoms with van der Waals surface area (Å²) in [4.78, 5) is 25.9. The van der Waals surface area contributed by atoms with Crippen LogP contribution in [0.1, 0.15) is 57.3 Å². The van der Waals surface area contributed by atoms with E-state index >= 15 is 0 Å². The summed E-state index contributed by atoms with van der Waals surface area (Å²) in [6, 6.07) is 0.815. The molecule has 4 rings (SSSR count). The van der Waals surface area contributed by atoms with Crippen molar-refractivity contribution < 1.29 is 14.3 Å². The van der Waals surface area contributed by atoms with Gasteiger partial charge in [-0.05, 0) is 71.5 Å². The van der Waals surface area contributed by atoms with Gasteiger partial charge in [0.1, 0.15) is 12.2 Å². The molecule has 2 unspecified atom stereocenters. The number of amides is 1. The molecule has 3 atom stereocenters. The molecule has 2 bridgehead atoms. The van der Waals surface area contributed by atoms with Gasteiger partial charge < -0.3 is 14.4 Å². The number of ether oxygens (including phenoxy) is 2. The maximum Gasteiger partial charge on any atom is 0.410 e. The minimum atomic E-state index is -0.496. The molecule has 27 heavy (non-hydrogen) atoms. The van der Waals surface area contributed by atoms with Crippen LogP contribution in [-0.2, 0) is 11.2 Å². The third-order valence-corrected chi connectivity index (χ3v) is 5.79. The van der Waals surface area contributed by atoms with E-state index in [4.69, 9.17) is 14.5 Å². The van der Waals surface area contributed by atoms with Gasteiger partial charge in [-0.25, -0.2) is 9.78 Å². The van der Waals surface area contributed by atoms with Gasteiger partial charge in [0.2, 0.25) is 0 Å². The van der Waals surface area contributed by atoms with Crippen LogP contribution < -0.4 is 4.74 Å². The maximum absolute atomic E-state index is 12.7. The van der Waals surface area contributed by atoms with E-state index in [1.54, 1.807) is 0 Å². The van der Waals surface area contributed by atoms with Gasteiger partial charge in [0.15, 0.2) is 0 Å². The zero-order chi connectivity index (χ0) is 19.2. The molecule has 0 radical (unpaired) electrons. The second-order valence-electron chi connectivity index (χ2n) is 9.11. The summed E-state index contributed by atoms with van der Waals surface area (Å²) in [6.07, 6.45) is 5.84. The second kappa shape index (κ2) is 6.93. The molecule has 7 nitrogen and oxygen atoms in total. The number of likely N-dealkylation sites (tertiary alicyclic amines) is 2. The van der Waals surface area contributed by atoms with Gasteiger partial charge in [-0.15, -0.1) is 0 Å². The highest BCUT2D eigenvalue weighted by Gasteiger charge is 2.43. The van der Waals surface area contributed by atoms with Crippen LogP contribution in [0.3, 0.4) is 0 Å². The highest BCUT2D eigenvalue weighted by molar-refractivity contribution is 5.69. The average Bonchev–Trinajstić information content (AvgIpc) is 3.16. The van der Waals surface area contributed by atoms with Crippen LogP contribution in [0, 0.1) is 5.92 Å². The molecule has 3 aliphatic rings. The molecular weight excluding hydrogens is 344 g/mol. The van der Waals surface area contributed by atoms with Crippen LogP contribution >= 0.6 is 0 Å². The lowest BCUT2D eigenvalue weighted by Crippen LogP contribution is -2.36. The number of nitrogens with zero attached hydrogens (tertiary/aromatic N) is 4. The second-order valence-corrected chi connectivity index (χ2v) is 9.11. The first-order valence-corrected chi connectivity index (χ1v) is 9.98. The van der Waals surface area contributed by atoms with Crippen LogP contribution in [0.2, 0.25) is 0 Å². The smallest absolute Gasteiger partial charge is 0.410 e. The minimum Gasteiger partial charge on any atom is -0.462 e. The van der Waals surface area contributed by atoms with Crippen LogP contribution in [0.4, 0.5) is 4.79 Å². The quantitative estimate of drug-likeness (QED) is 0.810. The van der Waals surface area contributed by atoms with Crippen LogP contribution in [0.15, 0.2) is 6.20 Å². The van der Waals surface area contributed by atoms with Gasteiger partial charge in [-0.1, -0.05) is 0 Å². The van der Waals surface area contributed by atoms with Crippen molar-refractivity contribution in [3.05, 3.63) is 17.5 Å². The lowest BCUT2D eigenvalue weighted by atomic mass is 9.88. The molecule has 7 heteroatoms. The largest absolute Gasteiger partial charge is 0.462 e. The van der Waals surface area contributed by atoms with Gasteiger partial charge in [-0.2, -0.15) is 4.98 Å². The summed E-state index contributed by atoms with van der Waals surface area (Å²) >= 11 is 0. The number of carbonyl (C=O) groups is 1. The molecule has 1 amide bonds. The zero-order valence-electron chi connectivity index (χ0n) is 16.8. The lowest BCUT2D eigenvalue weighted by Gasteiger charge is -2.29. The summed E-state index contributed by atoms with van der Waals surface area (Å²) in [7, 11) is 2.13. The van der Waals surface area contributed by atoms with Gasteiger partial charge >= 0.3 is 12.1 Å². The maximum atomic E-state index is 12.7. The molecule has 3 heterocycles. The summed E-state index contributed by atoms with van der Waals surface area (Å²) in [5, 5.41) is 0. The van der Waals surface area contributed by atoms with Crippen molar-refractivity contribution in [2.75, 3.05) is 26.7 Å². The first-order chi connectivity index (χ1) is 12.8. The highest BCUT2D eigenvalue weighted by atomic mass is 16.6. The van der Waals surface area contributed by atoms with Crippen LogP contribution in [0.5, 0.6) is 6.01 Å². The number of rotatable bonds is 3. The third-order valence-electron chi connectivity index (χ3n) is 5.79. The van der Waals surface area contributed by atoms with Crippen molar-refractivity contribution in [1.29, 1.82) is 0 Å². The van der Waals surface area contributed by atoms with Gasteiger partial charge in [0, 0.05) is 18.8 Å². The Morgan fingerprint density at radius 2 is 2.19 bits per heavy atom. The van der Waals surface area contributed by atoms with Crippen molar-refractivity contribution >= 4 is 6.09 Å². The van der Waals surface area contributed by atoms with E-state index in [1.807, 2.05) is 31.9 Å². The molecule has 2 saturated heterocycles. The first-order valence-electron chi connectivity index (χ1n) is 9.98. The van der Waals surface area contributed by atoms with E-state index in [-0.39, 0.29) is 12.1 Å². The Bertz CT molecular complexity index is 718. The molecule has 0 N–H and O–H groups in total. The summed E-state index contributed by atoms with van der Waals surface area (Å²) < 4.78 is 11.5. The number of likely N-dealkylation sites (N-methyl/N-ethyl adjacent to an activating group) is 1. The van der Waals surface area contributed by atoms with Crippen LogP contribution in [-0.4, -0.2) is 64.2 Å². The molecule has 0 aromatic carbocycles.